The first-order valence-corrected chi connectivity index (χ1v) is 14.7. The van der Waals surface area contributed by atoms with E-state index in [-0.39, 0.29) is 60.8 Å². The zero-order valence-electron chi connectivity index (χ0n) is 22.9. The Balaban J connectivity index is 0.00000560. The largest absolute Gasteiger partial charge is 1.00 e. The Labute approximate surface area is 256 Å². The fourth-order valence-corrected chi connectivity index (χ4v) is 5.93. The summed E-state index contributed by atoms with van der Waals surface area (Å²) in [6.45, 7) is 1.27. The van der Waals surface area contributed by atoms with Crippen molar-refractivity contribution in [3.8, 4) is 0 Å². The summed E-state index contributed by atoms with van der Waals surface area (Å²) in [5.41, 5.74) is -1.49. The minimum absolute atomic E-state index is 0. The van der Waals surface area contributed by atoms with Crippen LogP contribution in [0.5, 0.6) is 0 Å². The van der Waals surface area contributed by atoms with E-state index in [1.807, 2.05) is 6.07 Å². The molecule has 12 nitrogen and oxygen atoms in total. The third kappa shape index (κ3) is 11.0. The van der Waals surface area contributed by atoms with Crippen LogP contribution in [0.1, 0.15) is 63.9 Å². The summed E-state index contributed by atoms with van der Waals surface area (Å²) in [7, 11) is -5.23. The van der Waals surface area contributed by atoms with Crippen molar-refractivity contribution in [2.45, 2.75) is 82.4 Å². The van der Waals surface area contributed by atoms with E-state index in [1.165, 1.54) is 0 Å². The number of ether oxygens (including phenoxy) is 2. The molecule has 216 valence electrons. The number of alkyl carbamates (subject to hydrolysis) is 1. The van der Waals surface area contributed by atoms with Crippen molar-refractivity contribution in [2.24, 2.45) is 11.8 Å². The molecule has 3 rings (SSSR count). The molecular formula is C26H36N3NaO9S. The monoisotopic (exact) mass is 589 g/mol. The Kier molecular flexibility index (Phi) is 13.9. The second kappa shape index (κ2) is 16.3. The van der Waals surface area contributed by atoms with Crippen LogP contribution in [0, 0.1) is 11.8 Å². The molecule has 3 amide bonds. The van der Waals surface area contributed by atoms with Gasteiger partial charge in [0, 0.05) is 19.4 Å². The zero-order chi connectivity index (χ0) is 28.4. The van der Waals surface area contributed by atoms with Crippen molar-refractivity contribution in [3.63, 3.8) is 0 Å². The Morgan fingerprint density at radius 1 is 1.05 bits per heavy atom. The van der Waals surface area contributed by atoms with Crippen LogP contribution in [0.3, 0.4) is 0 Å². The minimum Gasteiger partial charge on any atom is -0.745 e. The maximum Gasteiger partial charge on any atom is 1.00 e. The number of carbonyl (C=O) groups excluding carboxylic acids is 4. The Hall–Kier alpha value is -2.19. The van der Waals surface area contributed by atoms with Crippen molar-refractivity contribution in [1.82, 2.24) is 16.0 Å². The van der Waals surface area contributed by atoms with Gasteiger partial charge in [0.2, 0.25) is 17.3 Å². The second-order valence-corrected chi connectivity index (χ2v) is 11.5. The quantitative estimate of drug-likeness (QED) is 0.152. The molecule has 1 aromatic carbocycles. The average Bonchev–Trinajstić information content (AvgIpc) is 3.29. The summed E-state index contributed by atoms with van der Waals surface area (Å²) >= 11 is 0. The molecule has 2 fully saturated rings. The van der Waals surface area contributed by atoms with Crippen LogP contribution in [-0.2, 0) is 40.6 Å². The normalized spacial score (nSPS) is 19.8. The number of rotatable bonds is 12. The van der Waals surface area contributed by atoms with Crippen molar-refractivity contribution in [3.05, 3.63) is 35.9 Å². The van der Waals surface area contributed by atoms with Crippen LogP contribution in [0.15, 0.2) is 30.3 Å². The molecule has 1 saturated heterocycles. The number of hydrogen-bond acceptors (Lipinski definition) is 9. The number of esters is 1. The molecule has 2 aliphatic rings. The maximum atomic E-state index is 13.5. The first kappa shape index (κ1) is 34.0. The van der Waals surface area contributed by atoms with E-state index in [0.29, 0.717) is 13.0 Å². The Bertz CT molecular complexity index is 1110. The van der Waals surface area contributed by atoms with Gasteiger partial charge in [-0.2, -0.15) is 0 Å². The van der Waals surface area contributed by atoms with Gasteiger partial charge in [0.05, 0.1) is 6.04 Å². The van der Waals surface area contributed by atoms with Gasteiger partial charge in [-0.1, -0.05) is 62.4 Å². The predicted molar refractivity (Wildman–Crippen MR) is 138 cm³/mol. The molecule has 0 spiro atoms. The molecule has 40 heavy (non-hydrogen) atoms. The summed E-state index contributed by atoms with van der Waals surface area (Å²) in [5.74, 6) is -2.72. The van der Waals surface area contributed by atoms with Crippen LogP contribution >= 0.6 is 0 Å². The number of nitrogens with one attached hydrogen (secondary N) is 3. The molecule has 1 saturated carbocycles. The van der Waals surface area contributed by atoms with Gasteiger partial charge in [0.15, 0.2) is 0 Å². The van der Waals surface area contributed by atoms with Crippen LogP contribution in [0.25, 0.3) is 0 Å². The number of amides is 3. The summed E-state index contributed by atoms with van der Waals surface area (Å²) < 4.78 is 46.3. The van der Waals surface area contributed by atoms with Gasteiger partial charge in [-0.25, -0.2) is 13.2 Å². The van der Waals surface area contributed by atoms with Crippen molar-refractivity contribution < 1.29 is 71.2 Å². The van der Waals surface area contributed by atoms with Crippen LogP contribution < -0.4 is 45.5 Å². The fourth-order valence-electron chi connectivity index (χ4n) is 5.10. The molecule has 1 aromatic rings. The van der Waals surface area contributed by atoms with E-state index < -0.39 is 51.5 Å². The van der Waals surface area contributed by atoms with Gasteiger partial charge in [-0.05, 0) is 30.7 Å². The van der Waals surface area contributed by atoms with Crippen molar-refractivity contribution >= 4 is 34.0 Å². The first-order valence-electron chi connectivity index (χ1n) is 13.2. The van der Waals surface area contributed by atoms with E-state index in [9.17, 15) is 32.1 Å². The van der Waals surface area contributed by atoms with E-state index >= 15 is 0 Å². The van der Waals surface area contributed by atoms with Gasteiger partial charge in [0.1, 0.15) is 22.8 Å². The minimum atomic E-state index is -5.23. The Morgan fingerprint density at radius 3 is 2.30 bits per heavy atom. The van der Waals surface area contributed by atoms with Crippen LogP contribution in [0.2, 0.25) is 0 Å². The zero-order valence-corrected chi connectivity index (χ0v) is 25.7. The summed E-state index contributed by atoms with van der Waals surface area (Å²) in [5, 5.41) is 7.69. The SMILES string of the molecule is CC(=O)OC([C@H](C[C@@H]1CCNC1=O)NC(=O)[C@H](CC1CCCCC1)NC(=O)OCc1ccccc1)S(=O)(=O)[O-].[Na+]. The molecule has 0 radical (unpaired) electrons. The maximum absolute atomic E-state index is 13.5. The third-order valence-corrected chi connectivity index (χ3v) is 8.03. The van der Waals surface area contributed by atoms with Gasteiger partial charge in [0.25, 0.3) is 0 Å². The van der Waals surface area contributed by atoms with Gasteiger partial charge < -0.3 is 30.0 Å². The molecule has 0 bridgehead atoms. The van der Waals surface area contributed by atoms with E-state index in [0.717, 1.165) is 44.6 Å². The molecule has 1 aliphatic heterocycles. The van der Waals surface area contributed by atoms with Gasteiger partial charge in [-0.15, -0.1) is 0 Å². The summed E-state index contributed by atoms with van der Waals surface area (Å²) in [4.78, 5) is 49.9. The van der Waals surface area contributed by atoms with E-state index in [4.69, 9.17) is 9.47 Å². The van der Waals surface area contributed by atoms with E-state index in [2.05, 4.69) is 16.0 Å². The topological polar surface area (TPSA) is 180 Å². The van der Waals surface area contributed by atoms with Crippen LogP contribution in [0.4, 0.5) is 4.79 Å². The first-order chi connectivity index (χ1) is 18.5. The molecule has 0 aromatic heterocycles. The smallest absolute Gasteiger partial charge is 0.745 e. The Morgan fingerprint density at radius 2 is 1.73 bits per heavy atom. The molecular weight excluding hydrogens is 553 g/mol. The summed E-state index contributed by atoms with van der Waals surface area (Å²) in [6.07, 6.45) is 4.32. The third-order valence-electron chi connectivity index (χ3n) is 7.04. The standard InChI is InChI=1S/C26H37N3O9S.Na/c1-17(30)38-25(39(34,35)36)22(15-20-12-13-27-23(20)31)28-24(32)21(14-18-8-4-2-5-9-18)29-26(33)37-16-19-10-6-3-7-11-19;/h3,6-7,10-11,18,20-22,25H,2,4-5,8-9,12-16H2,1H3,(H,27,31)(H,28,32)(H,29,33)(H,34,35,36);/q;+1/p-1/t20-,21-,22-,25?;/m0./s1. The predicted octanol–water partition coefficient (Wildman–Crippen LogP) is -1.30. The van der Waals surface area contributed by atoms with Crippen LogP contribution in [-0.4, -0.2) is 60.9 Å². The van der Waals surface area contributed by atoms with Crippen molar-refractivity contribution in [1.29, 1.82) is 0 Å². The molecule has 1 aliphatic carbocycles. The number of hydrogen-bond donors (Lipinski definition) is 3. The second-order valence-electron chi connectivity index (χ2n) is 10.1. The molecule has 3 N–H and O–H groups in total. The average molecular weight is 590 g/mol. The van der Waals surface area contributed by atoms with Gasteiger partial charge in [-0.3, -0.25) is 14.4 Å². The van der Waals surface area contributed by atoms with E-state index in [1.54, 1.807) is 24.3 Å². The fraction of sp³-hybridized carbons (Fsp3) is 0.615. The molecule has 4 atom stereocenters. The van der Waals surface area contributed by atoms with Gasteiger partial charge >= 0.3 is 41.6 Å². The molecule has 14 heteroatoms. The molecule has 1 heterocycles. The summed E-state index contributed by atoms with van der Waals surface area (Å²) in [6, 6.07) is 6.36. The van der Waals surface area contributed by atoms with Crippen molar-refractivity contribution in [2.75, 3.05) is 6.54 Å². The number of carbonyl (C=O) groups is 4. The molecule has 1 unspecified atom stereocenters. The number of benzene rings is 1.